The van der Waals surface area contributed by atoms with Crippen LogP contribution in [0.1, 0.15) is 23.4 Å². The van der Waals surface area contributed by atoms with Gasteiger partial charge in [-0.1, -0.05) is 12.1 Å². The number of hydrogen-bond acceptors (Lipinski definition) is 4. The summed E-state index contributed by atoms with van der Waals surface area (Å²) in [5, 5.41) is 4.96. The lowest BCUT2D eigenvalue weighted by atomic mass is 10.1. The molecule has 1 aliphatic heterocycles. The van der Waals surface area contributed by atoms with Crippen LogP contribution in [0, 0.1) is 0 Å². The number of anilines is 1. The number of nitrogens with one attached hydrogen (secondary N) is 1. The van der Waals surface area contributed by atoms with Gasteiger partial charge in [0.05, 0.1) is 18.2 Å². The molecule has 1 aliphatic rings. The predicted octanol–water partition coefficient (Wildman–Crippen LogP) is 3.77. The molecule has 8 heteroatoms. The highest BCUT2D eigenvalue weighted by Crippen LogP contribution is 2.31. The molecule has 0 radical (unpaired) electrons. The lowest BCUT2D eigenvalue weighted by Gasteiger charge is -2.36. The minimum atomic E-state index is -4.34. The Balaban J connectivity index is 1.50. The highest BCUT2D eigenvalue weighted by atomic mass is 32.1. The van der Waals surface area contributed by atoms with E-state index < -0.39 is 11.7 Å². The number of rotatable bonds is 5. The van der Waals surface area contributed by atoms with Crippen molar-refractivity contribution >= 4 is 22.9 Å². The molecule has 0 aliphatic carbocycles. The largest absolute Gasteiger partial charge is 0.416 e. The third-order valence-corrected chi connectivity index (χ3v) is 5.68. The van der Waals surface area contributed by atoms with Gasteiger partial charge in [-0.05, 0) is 36.6 Å². The van der Waals surface area contributed by atoms with Crippen LogP contribution in [-0.4, -0.2) is 43.5 Å². The molecule has 2 aromatic rings. The maximum atomic E-state index is 12.9. The number of carbonyl (C=O) groups is 1. The molecular formula is C19H22F3N3OS. The molecule has 146 valence electrons. The van der Waals surface area contributed by atoms with Gasteiger partial charge in [0.2, 0.25) is 5.91 Å². The van der Waals surface area contributed by atoms with Gasteiger partial charge in [0.25, 0.3) is 0 Å². The number of benzene rings is 1. The van der Waals surface area contributed by atoms with Gasteiger partial charge >= 0.3 is 6.18 Å². The van der Waals surface area contributed by atoms with E-state index in [1.54, 1.807) is 17.4 Å². The fourth-order valence-electron chi connectivity index (χ4n) is 3.14. The number of amides is 1. The molecule has 2 heterocycles. The Kier molecular flexibility index (Phi) is 6.06. The van der Waals surface area contributed by atoms with E-state index in [-0.39, 0.29) is 11.9 Å². The van der Waals surface area contributed by atoms with Crippen molar-refractivity contribution in [1.29, 1.82) is 0 Å². The van der Waals surface area contributed by atoms with Crippen LogP contribution in [0.2, 0.25) is 0 Å². The summed E-state index contributed by atoms with van der Waals surface area (Å²) in [6, 6.07) is 9.32. The summed E-state index contributed by atoms with van der Waals surface area (Å²) in [5.74, 6) is -0.0385. The van der Waals surface area contributed by atoms with E-state index in [2.05, 4.69) is 5.32 Å². The molecule has 4 nitrogen and oxygen atoms in total. The van der Waals surface area contributed by atoms with Crippen LogP contribution in [0.3, 0.4) is 0 Å². The van der Waals surface area contributed by atoms with Crippen molar-refractivity contribution in [1.82, 2.24) is 10.2 Å². The first-order valence-electron chi connectivity index (χ1n) is 8.80. The summed E-state index contributed by atoms with van der Waals surface area (Å²) >= 11 is 1.60. The predicted molar refractivity (Wildman–Crippen MR) is 101 cm³/mol. The molecule has 0 saturated carbocycles. The van der Waals surface area contributed by atoms with Crippen LogP contribution in [-0.2, 0) is 11.0 Å². The van der Waals surface area contributed by atoms with Crippen molar-refractivity contribution in [3.05, 3.63) is 52.2 Å². The Morgan fingerprint density at radius 2 is 1.93 bits per heavy atom. The van der Waals surface area contributed by atoms with E-state index in [9.17, 15) is 18.0 Å². The van der Waals surface area contributed by atoms with Crippen LogP contribution in [0.15, 0.2) is 41.8 Å². The second-order valence-corrected chi connectivity index (χ2v) is 7.60. The standard InChI is InChI=1S/C19H22F3N3OS/c1-14(17-6-3-11-27-17)23-18(26)13-24-7-9-25(10-8-24)16-5-2-4-15(12-16)19(20,21)22/h2-6,11-12,14H,7-10,13H2,1H3,(H,23,26)/t14-/m1/s1. The first-order valence-corrected chi connectivity index (χ1v) is 9.68. The van der Waals surface area contributed by atoms with Gasteiger partial charge < -0.3 is 10.2 Å². The van der Waals surface area contributed by atoms with E-state index in [0.29, 0.717) is 38.4 Å². The molecule has 0 spiro atoms. The number of alkyl halides is 3. The third kappa shape index (κ3) is 5.23. The third-order valence-electron chi connectivity index (χ3n) is 4.63. The van der Waals surface area contributed by atoms with Crippen molar-refractivity contribution in [2.45, 2.75) is 19.1 Å². The lowest BCUT2D eigenvalue weighted by Crippen LogP contribution is -2.49. The molecule has 0 unspecified atom stereocenters. The summed E-state index contributed by atoms with van der Waals surface area (Å²) in [6.45, 7) is 4.71. The molecule has 1 aromatic heterocycles. The van der Waals surface area contributed by atoms with Crippen LogP contribution < -0.4 is 10.2 Å². The number of hydrogen-bond donors (Lipinski definition) is 1. The van der Waals surface area contributed by atoms with E-state index in [0.717, 1.165) is 10.9 Å². The zero-order valence-corrected chi connectivity index (χ0v) is 15.8. The minimum absolute atomic E-state index is 0.0242. The molecule has 1 atom stereocenters. The first kappa shape index (κ1) is 19.7. The SMILES string of the molecule is C[C@@H](NC(=O)CN1CCN(c2cccc(C(F)(F)F)c2)CC1)c1cccs1. The van der Waals surface area contributed by atoms with Crippen molar-refractivity contribution in [2.24, 2.45) is 0 Å². The van der Waals surface area contributed by atoms with Gasteiger partial charge in [-0.3, -0.25) is 9.69 Å². The van der Waals surface area contributed by atoms with Crippen LogP contribution in [0.5, 0.6) is 0 Å². The number of carbonyl (C=O) groups excluding carboxylic acids is 1. The molecule has 1 amide bonds. The maximum absolute atomic E-state index is 12.9. The molecule has 0 bridgehead atoms. The number of piperazine rings is 1. The Labute approximate surface area is 160 Å². The molecule has 1 fully saturated rings. The van der Waals surface area contributed by atoms with Crippen molar-refractivity contribution < 1.29 is 18.0 Å². The summed E-state index contributed by atoms with van der Waals surface area (Å²) in [6.07, 6.45) is -4.34. The zero-order chi connectivity index (χ0) is 19.4. The number of halogens is 3. The van der Waals surface area contributed by atoms with Gasteiger partial charge in [-0.2, -0.15) is 13.2 Å². The molecule has 3 rings (SSSR count). The second-order valence-electron chi connectivity index (χ2n) is 6.62. The molecular weight excluding hydrogens is 375 g/mol. The highest BCUT2D eigenvalue weighted by Gasteiger charge is 2.31. The average molecular weight is 397 g/mol. The lowest BCUT2D eigenvalue weighted by molar-refractivity contribution is -0.137. The van der Waals surface area contributed by atoms with Gasteiger partial charge in [-0.15, -0.1) is 11.3 Å². The van der Waals surface area contributed by atoms with Crippen LogP contribution >= 0.6 is 11.3 Å². The molecule has 1 aromatic carbocycles. The van der Waals surface area contributed by atoms with Gasteiger partial charge in [0, 0.05) is 36.7 Å². The topological polar surface area (TPSA) is 35.6 Å². The fourth-order valence-corrected chi connectivity index (χ4v) is 3.88. The maximum Gasteiger partial charge on any atom is 0.416 e. The first-order chi connectivity index (χ1) is 12.8. The molecule has 1 N–H and O–H groups in total. The van der Waals surface area contributed by atoms with E-state index in [1.165, 1.54) is 12.1 Å². The van der Waals surface area contributed by atoms with E-state index in [1.807, 2.05) is 34.2 Å². The van der Waals surface area contributed by atoms with E-state index >= 15 is 0 Å². The van der Waals surface area contributed by atoms with E-state index in [4.69, 9.17) is 0 Å². The summed E-state index contributed by atoms with van der Waals surface area (Å²) in [7, 11) is 0. The zero-order valence-electron chi connectivity index (χ0n) is 15.0. The summed E-state index contributed by atoms with van der Waals surface area (Å²) in [4.78, 5) is 17.3. The Bertz CT molecular complexity index is 756. The molecule has 1 saturated heterocycles. The minimum Gasteiger partial charge on any atom is -0.369 e. The average Bonchev–Trinajstić information content (AvgIpc) is 3.16. The van der Waals surface area contributed by atoms with Gasteiger partial charge in [0.15, 0.2) is 0 Å². The molecule has 27 heavy (non-hydrogen) atoms. The Morgan fingerprint density at radius 1 is 1.19 bits per heavy atom. The number of thiophene rings is 1. The summed E-state index contributed by atoms with van der Waals surface area (Å²) in [5.41, 5.74) is -0.0652. The van der Waals surface area contributed by atoms with Gasteiger partial charge in [-0.25, -0.2) is 0 Å². The monoisotopic (exact) mass is 397 g/mol. The quantitative estimate of drug-likeness (QED) is 0.834. The normalized spacial score (nSPS) is 17.0. The van der Waals surface area contributed by atoms with Crippen molar-refractivity contribution in [3.63, 3.8) is 0 Å². The second kappa shape index (κ2) is 8.31. The number of nitrogens with zero attached hydrogens (tertiary/aromatic N) is 2. The highest BCUT2D eigenvalue weighted by molar-refractivity contribution is 7.10. The Hall–Kier alpha value is -2.06. The van der Waals surface area contributed by atoms with Crippen molar-refractivity contribution in [2.75, 3.05) is 37.6 Å². The van der Waals surface area contributed by atoms with Crippen LogP contribution in [0.4, 0.5) is 18.9 Å². The van der Waals surface area contributed by atoms with Crippen molar-refractivity contribution in [3.8, 4) is 0 Å². The summed E-state index contributed by atoms with van der Waals surface area (Å²) < 4.78 is 38.6. The van der Waals surface area contributed by atoms with Gasteiger partial charge in [0.1, 0.15) is 0 Å². The smallest absolute Gasteiger partial charge is 0.369 e. The Morgan fingerprint density at radius 3 is 2.56 bits per heavy atom. The van der Waals surface area contributed by atoms with Crippen LogP contribution in [0.25, 0.3) is 0 Å². The fraction of sp³-hybridized carbons (Fsp3) is 0.421.